The van der Waals surface area contributed by atoms with E-state index in [1.165, 1.54) is 11.1 Å². The lowest BCUT2D eigenvalue weighted by Crippen LogP contribution is -2.74. The summed E-state index contributed by atoms with van der Waals surface area (Å²) in [5.41, 5.74) is 3.34. The molecule has 2 saturated heterocycles. The SMILES string of the molecule is CCOC(=O)c1ccc(NC(=O)C2CC(=O)NC3NC(N4CCc5ccccc5C4)NC(=O)C32)cc1. The molecule has 0 aromatic heterocycles. The standard InChI is InChI=1S/C26H29N5O5/c1-2-36-25(35)16-7-9-18(10-8-16)27-23(33)19-13-20(32)28-22-21(19)24(34)30-26(29-22)31-12-11-15-5-3-4-6-17(15)14-31/h3-10,19,21-22,26,29H,2,11-14H2,1H3,(H,27,33)(H,28,32)(H,30,34). The van der Waals surface area contributed by atoms with E-state index in [0.717, 1.165) is 13.0 Å². The average molecular weight is 492 g/mol. The van der Waals surface area contributed by atoms with Crippen LogP contribution in [-0.2, 0) is 32.1 Å². The van der Waals surface area contributed by atoms with Gasteiger partial charge in [-0.2, -0.15) is 0 Å². The Bertz CT molecular complexity index is 1180. The highest BCUT2D eigenvalue weighted by atomic mass is 16.5. The fourth-order valence-corrected chi connectivity index (χ4v) is 5.13. The molecule has 3 amide bonds. The highest BCUT2D eigenvalue weighted by Gasteiger charge is 2.49. The van der Waals surface area contributed by atoms with E-state index in [1.807, 2.05) is 12.1 Å². The minimum absolute atomic E-state index is 0.0925. The second-order valence-electron chi connectivity index (χ2n) is 9.24. The van der Waals surface area contributed by atoms with Crippen LogP contribution in [0, 0.1) is 11.8 Å². The third-order valence-electron chi connectivity index (χ3n) is 6.96. The van der Waals surface area contributed by atoms with E-state index in [9.17, 15) is 19.2 Å². The lowest BCUT2D eigenvalue weighted by molar-refractivity contribution is -0.147. The molecule has 0 bridgehead atoms. The molecule has 2 aromatic rings. The Morgan fingerprint density at radius 2 is 1.81 bits per heavy atom. The molecule has 10 nitrogen and oxygen atoms in total. The van der Waals surface area contributed by atoms with Gasteiger partial charge in [0.15, 0.2) is 0 Å². The molecular weight excluding hydrogens is 462 g/mol. The average Bonchev–Trinajstić information content (AvgIpc) is 2.88. The summed E-state index contributed by atoms with van der Waals surface area (Å²) in [6, 6.07) is 14.5. The molecule has 0 aliphatic carbocycles. The molecule has 0 saturated carbocycles. The number of amides is 3. The maximum Gasteiger partial charge on any atom is 0.338 e. The molecule has 2 aromatic carbocycles. The van der Waals surface area contributed by atoms with Crippen LogP contribution in [0.25, 0.3) is 0 Å². The number of nitrogens with zero attached hydrogens (tertiary/aromatic N) is 1. The molecule has 3 aliphatic rings. The third kappa shape index (κ3) is 4.82. The van der Waals surface area contributed by atoms with E-state index >= 15 is 0 Å². The van der Waals surface area contributed by atoms with E-state index in [-0.39, 0.29) is 24.8 Å². The first kappa shape index (κ1) is 24.0. The number of carbonyl (C=O) groups excluding carboxylic acids is 4. The van der Waals surface area contributed by atoms with Crippen molar-refractivity contribution >= 4 is 29.4 Å². The lowest BCUT2D eigenvalue weighted by Gasteiger charge is -2.47. The Labute approximate surface area is 208 Å². The van der Waals surface area contributed by atoms with Crippen molar-refractivity contribution in [2.45, 2.75) is 38.8 Å². The number of anilines is 1. The number of esters is 1. The topological polar surface area (TPSA) is 129 Å². The van der Waals surface area contributed by atoms with Gasteiger partial charge in [-0.25, -0.2) is 4.79 Å². The number of carbonyl (C=O) groups is 4. The van der Waals surface area contributed by atoms with Crippen LogP contribution in [0.1, 0.15) is 34.8 Å². The van der Waals surface area contributed by atoms with Crippen molar-refractivity contribution in [1.82, 2.24) is 20.9 Å². The summed E-state index contributed by atoms with van der Waals surface area (Å²) in [6.45, 7) is 3.42. The van der Waals surface area contributed by atoms with Crippen molar-refractivity contribution in [3.63, 3.8) is 0 Å². The maximum absolute atomic E-state index is 13.2. The second-order valence-corrected chi connectivity index (χ2v) is 9.24. The summed E-state index contributed by atoms with van der Waals surface area (Å²) in [5.74, 6) is -3.04. The number of hydrogen-bond acceptors (Lipinski definition) is 7. The van der Waals surface area contributed by atoms with Crippen LogP contribution in [0.2, 0.25) is 0 Å². The maximum atomic E-state index is 13.2. The first-order chi connectivity index (χ1) is 17.4. The van der Waals surface area contributed by atoms with Gasteiger partial charge in [-0.3, -0.25) is 24.6 Å². The first-order valence-electron chi connectivity index (χ1n) is 12.2. The van der Waals surface area contributed by atoms with Crippen LogP contribution in [0.5, 0.6) is 0 Å². The van der Waals surface area contributed by atoms with Crippen molar-refractivity contribution in [1.29, 1.82) is 0 Å². The van der Waals surface area contributed by atoms with Gasteiger partial charge in [0.1, 0.15) is 6.29 Å². The number of ether oxygens (including phenoxy) is 1. The highest BCUT2D eigenvalue weighted by Crippen LogP contribution is 2.29. The van der Waals surface area contributed by atoms with Crippen molar-refractivity contribution in [3.8, 4) is 0 Å². The van der Waals surface area contributed by atoms with Gasteiger partial charge in [0.2, 0.25) is 17.7 Å². The molecule has 36 heavy (non-hydrogen) atoms. The Hall–Kier alpha value is -3.76. The zero-order chi connectivity index (χ0) is 25.2. The fraction of sp³-hybridized carbons (Fsp3) is 0.385. The van der Waals surface area contributed by atoms with Crippen LogP contribution >= 0.6 is 0 Å². The predicted molar refractivity (Wildman–Crippen MR) is 130 cm³/mol. The van der Waals surface area contributed by atoms with Crippen LogP contribution in [0.15, 0.2) is 48.5 Å². The van der Waals surface area contributed by atoms with Gasteiger partial charge in [0, 0.05) is 25.2 Å². The van der Waals surface area contributed by atoms with Crippen LogP contribution in [-0.4, -0.2) is 54.2 Å². The Balaban J connectivity index is 1.26. The van der Waals surface area contributed by atoms with Crippen molar-refractivity contribution in [2.24, 2.45) is 11.8 Å². The number of piperidine rings is 1. The fourth-order valence-electron chi connectivity index (χ4n) is 5.13. The molecule has 4 N–H and O–H groups in total. The summed E-state index contributed by atoms with van der Waals surface area (Å²) in [7, 11) is 0. The van der Waals surface area contributed by atoms with Crippen LogP contribution < -0.4 is 21.3 Å². The molecule has 3 heterocycles. The number of hydrogen-bond donors (Lipinski definition) is 4. The van der Waals surface area contributed by atoms with E-state index in [0.29, 0.717) is 17.8 Å². The Kier molecular flexibility index (Phi) is 6.71. The normalized spacial score (nSPS) is 25.6. The van der Waals surface area contributed by atoms with Gasteiger partial charge in [-0.05, 0) is 48.7 Å². The van der Waals surface area contributed by atoms with Gasteiger partial charge in [0.25, 0.3) is 0 Å². The largest absolute Gasteiger partial charge is 0.462 e. The number of fused-ring (bicyclic) bond motifs is 2. The molecule has 4 unspecified atom stereocenters. The minimum atomic E-state index is -0.844. The Morgan fingerprint density at radius 1 is 1.06 bits per heavy atom. The summed E-state index contributed by atoms with van der Waals surface area (Å²) in [4.78, 5) is 52.8. The predicted octanol–water partition coefficient (Wildman–Crippen LogP) is 0.942. The van der Waals surface area contributed by atoms with Gasteiger partial charge in [0.05, 0.1) is 30.2 Å². The van der Waals surface area contributed by atoms with E-state index < -0.39 is 36.2 Å². The minimum Gasteiger partial charge on any atom is -0.462 e. The van der Waals surface area contributed by atoms with E-state index in [4.69, 9.17) is 4.74 Å². The number of nitrogens with one attached hydrogen (secondary N) is 4. The molecular formula is C26H29N5O5. The molecule has 0 radical (unpaired) electrons. The van der Waals surface area contributed by atoms with Crippen molar-refractivity contribution in [3.05, 3.63) is 65.2 Å². The molecule has 0 spiro atoms. The summed E-state index contributed by atoms with van der Waals surface area (Å²) in [5, 5.41) is 12.0. The molecule has 4 atom stereocenters. The number of rotatable bonds is 5. The molecule has 5 rings (SSSR count). The first-order valence-corrected chi connectivity index (χ1v) is 12.2. The number of benzene rings is 2. The van der Waals surface area contributed by atoms with Crippen LogP contribution in [0.4, 0.5) is 5.69 Å². The monoisotopic (exact) mass is 491 g/mol. The van der Waals surface area contributed by atoms with Gasteiger partial charge in [-0.15, -0.1) is 0 Å². The third-order valence-corrected chi connectivity index (χ3v) is 6.96. The zero-order valence-electron chi connectivity index (χ0n) is 20.0. The summed E-state index contributed by atoms with van der Waals surface area (Å²) >= 11 is 0. The van der Waals surface area contributed by atoms with Gasteiger partial charge in [-0.1, -0.05) is 24.3 Å². The molecule has 2 fully saturated rings. The summed E-state index contributed by atoms with van der Waals surface area (Å²) in [6.07, 6.45) is -0.344. The van der Waals surface area contributed by atoms with E-state index in [2.05, 4.69) is 38.3 Å². The quantitative estimate of drug-likeness (QED) is 0.458. The smallest absolute Gasteiger partial charge is 0.338 e. The lowest BCUT2D eigenvalue weighted by atomic mass is 9.81. The summed E-state index contributed by atoms with van der Waals surface area (Å²) < 4.78 is 4.97. The molecule has 10 heteroatoms. The van der Waals surface area contributed by atoms with Crippen molar-refractivity contribution < 1.29 is 23.9 Å². The second kappa shape index (κ2) is 10.1. The zero-order valence-corrected chi connectivity index (χ0v) is 20.0. The van der Waals surface area contributed by atoms with E-state index in [1.54, 1.807) is 31.2 Å². The molecule has 3 aliphatic heterocycles. The molecule has 188 valence electrons. The van der Waals surface area contributed by atoms with Gasteiger partial charge >= 0.3 is 5.97 Å². The van der Waals surface area contributed by atoms with Crippen LogP contribution in [0.3, 0.4) is 0 Å². The highest BCUT2D eigenvalue weighted by molar-refractivity contribution is 6.00. The van der Waals surface area contributed by atoms with Gasteiger partial charge < -0.3 is 20.7 Å². The van der Waals surface area contributed by atoms with Crippen molar-refractivity contribution in [2.75, 3.05) is 18.5 Å². The Morgan fingerprint density at radius 3 is 2.56 bits per heavy atom.